The Labute approximate surface area is 100 Å². The lowest BCUT2D eigenvalue weighted by atomic mass is 10.1. The first-order chi connectivity index (χ1) is 8.01. The average Bonchev–Trinajstić information content (AvgIpc) is 2.26. The van der Waals surface area contributed by atoms with Crippen molar-refractivity contribution in [3.63, 3.8) is 0 Å². The molecule has 0 aromatic heterocycles. The van der Waals surface area contributed by atoms with Crippen LogP contribution < -0.4 is 5.32 Å². The lowest BCUT2D eigenvalue weighted by Crippen LogP contribution is -2.43. The Morgan fingerprint density at radius 1 is 1.29 bits per heavy atom. The van der Waals surface area contributed by atoms with Gasteiger partial charge in [0.2, 0.25) is 0 Å². The summed E-state index contributed by atoms with van der Waals surface area (Å²) in [6, 6.07) is 0.562. The van der Waals surface area contributed by atoms with Gasteiger partial charge >= 0.3 is 6.18 Å². The smallest absolute Gasteiger partial charge is 0.371 e. The van der Waals surface area contributed by atoms with E-state index in [1.165, 1.54) is 0 Å². The normalized spacial score (nSPS) is 19.8. The molecule has 0 saturated carbocycles. The average molecular weight is 254 g/mol. The highest BCUT2D eigenvalue weighted by atomic mass is 19.4. The summed E-state index contributed by atoms with van der Waals surface area (Å²) < 4.78 is 40.0. The SMILES string of the molecule is CCNC1CCN(CCOCC(F)(F)F)CC1. The zero-order valence-electron chi connectivity index (χ0n) is 10.2. The molecule has 1 rings (SSSR count). The van der Waals surface area contributed by atoms with Crippen molar-refractivity contribution in [1.29, 1.82) is 0 Å². The molecule has 3 nitrogen and oxygen atoms in total. The minimum absolute atomic E-state index is 0.158. The number of rotatable bonds is 6. The van der Waals surface area contributed by atoms with Gasteiger partial charge in [0.1, 0.15) is 6.61 Å². The van der Waals surface area contributed by atoms with Gasteiger partial charge in [-0.15, -0.1) is 0 Å². The predicted octanol–water partition coefficient (Wildman–Crippen LogP) is 1.64. The molecule has 0 bridgehead atoms. The van der Waals surface area contributed by atoms with E-state index in [1.807, 2.05) is 0 Å². The van der Waals surface area contributed by atoms with Crippen LogP contribution in [0.5, 0.6) is 0 Å². The van der Waals surface area contributed by atoms with Crippen LogP contribution in [0.2, 0.25) is 0 Å². The van der Waals surface area contributed by atoms with Crippen molar-refractivity contribution in [2.75, 3.05) is 39.4 Å². The molecule has 0 aliphatic carbocycles. The van der Waals surface area contributed by atoms with E-state index >= 15 is 0 Å². The molecule has 0 spiro atoms. The van der Waals surface area contributed by atoms with Crippen molar-refractivity contribution in [1.82, 2.24) is 10.2 Å². The number of hydrogen-bond acceptors (Lipinski definition) is 3. The van der Waals surface area contributed by atoms with E-state index < -0.39 is 12.8 Å². The summed E-state index contributed by atoms with van der Waals surface area (Å²) in [6.45, 7) is 4.54. The van der Waals surface area contributed by atoms with Gasteiger partial charge in [-0.25, -0.2) is 0 Å². The molecule has 1 aliphatic rings. The highest BCUT2D eigenvalue weighted by Gasteiger charge is 2.27. The van der Waals surface area contributed by atoms with Gasteiger partial charge in [-0.05, 0) is 32.5 Å². The van der Waals surface area contributed by atoms with Gasteiger partial charge in [-0.3, -0.25) is 0 Å². The molecular weight excluding hydrogens is 233 g/mol. The third-order valence-electron chi connectivity index (χ3n) is 2.90. The Balaban J connectivity index is 2.02. The standard InChI is InChI=1S/C11H21F3N2O/c1-2-15-10-3-5-16(6-4-10)7-8-17-9-11(12,13)14/h10,15H,2-9H2,1H3. The summed E-state index contributed by atoms with van der Waals surface area (Å²) in [4.78, 5) is 2.16. The van der Waals surface area contributed by atoms with Crippen LogP contribution in [0.15, 0.2) is 0 Å². The highest BCUT2D eigenvalue weighted by Crippen LogP contribution is 2.14. The molecule has 1 saturated heterocycles. The van der Waals surface area contributed by atoms with Crippen LogP contribution >= 0.6 is 0 Å². The van der Waals surface area contributed by atoms with Crippen LogP contribution in [0.4, 0.5) is 13.2 Å². The van der Waals surface area contributed by atoms with Crippen molar-refractivity contribution >= 4 is 0 Å². The maximum absolute atomic E-state index is 11.8. The molecule has 0 amide bonds. The second-order valence-electron chi connectivity index (χ2n) is 4.34. The molecule has 6 heteroatoms. The van der Waals surface area contributed by atoms with Crippen LogP contribution in [0, 0.1) is 0 Å². The third kappa shape index (κ3) is 6.85. The molecule has 1 fully saturated rings. The number of piperidine rings is 1. The molecule has 0 aromatic carbocycles. The Morgan fingerprint density at radius 2 is 1.94 bits per heavy atom. The lowest BCUT2D eigenvalue weighted by Gasteiger charge is -2.32. The first-order valence-electron chi connectivity index (χ1n) is 6.11. The number of hydrogen-bond donors (Lipinski definition) is 1. The Morgan fingerprint density at radius 3 is 2.47 bits per heavy atom. The number of ether oxygens (including phenoxy) is 1. The zero-order valence-corrected chi connectivity index (χ0v) is 10.2. The van der Waals surface area contributed by atoms with E-state index in [9.17, 15) is 13.2 Å². The van der Waals surface area contributed by atoms with Crippen molar-refractivity contribution in [2.45, 2.75) is 32.0 Å². The summed E-state index contributed by atoms with van der Waals surface area (Å²) in [7, 11) is 0. The van der Waals surface area contributed by atoms with Crippen LogP contribution in [-0.4, -0.2) is 56.5 Å². The molecule has 1 heterocycles. The quantitative estimate of drug-likeness (QED) is 0.729. The molecular formula is C11H21F3N2O. The largest absolute Gasteiger partial charge is 0.411 e. The van der Waals surface area contributed by atoms with Gasteiger partial charge in [-0.1, -0.05) is 6.92 Å². The van der Waals surface area contributed by atoms with E-state index in [-0.39, 0.29) is 6.61 Å². The van der Waals surface area contributed by atoms with E-state index in [4.69, 9.17) is 0 Å². The van der Waals surface area contributed by atoms with E-state index in [1.54, 1.807) is 0 Å². The number of likely N-dealkylation sites (tertiary alicyclic amines) is 1. The Hall–Kier alpha value is -0.330. The van der Waals surface area contributed by atoms with E-state index in [0.717, 1.165) is 32.5 Å². The fourth-order valence-corrected chi connectivity index (χ4v) is 2.03. The van der Waals surface area contributed by atoms with Gasteiger partial charge in [-0.2, -0.15) is 13.2 Å². The topological polar surface area (TPSA) is 24.5 Å². The number of nitrogens with zero attached hydrogens (tertiary/aromatic N) is 1. The highest BCUT2D eigenvalue weighted by molar-refractivity contribution is 4.76. The van der Waals surface area contributed by atoms with Gasteiger partial charge < -0.3 is 15.0 Å². The minimum atomic E-state index is -4.21. The van der Waals surface area contributed by atoms with E-state index in [0.29, 0.717) is 12.6 Å². The molecule has 0 atom stereocenters. The molecule has 17 heavy (non-hydrogen) atoms. The van der Waals surface area contributed by atoms with Crippen LogP contribution in [0.25, 0.3) is 0 Å². The number of halogens is 3. The summed E-state index contributed by atoms with van der Waals surface area (Å²) in [6.07, 6.45) is -2.09. The van der Waals surface area contributed by atoms with Gasteiger partial charge in [0, 0.05) is 12.6 Å². The van der Waals surface area contributed by atoms with Crippen LogP contribution in [0.3, 0.4) is 0 Å². The maximum Gasteiger partial charge on any atom is 0.411 e. The Bertz CT molecular complexity index is 203. The monoisotopic (exact) mass is 254 g/mol. The zero-order chi connectivity index (χ0) is 12.7. The summed E-state index contributed by atoms with van der Waals surface area (Å²) in [5, 5.41) is 3.39. The first-order valence-corrected chi connectivity index (χ1v) is 6.11. The van der Waals surface area contributed by atoms with Gasteiger partial charge in [0.05, 0.1) is 6.61 Å². The first kappa shape index (κ1) is 14.7. The van der Waals surface area contributed by atoms with Crippen LogP contribution in [-0.2, 0) is 4.74 Å². The molecule has 0 unspecified atom stereocenters. The second-order valence-corrected chi connectivity index (χ2v) is 4.34. The van der Waals surface area contributed by atoms with Gasteiger partial charge in [0.25, 0.3) is 0 Å². The Kier molecular flexibility index (Phi) is 6.22. The molecule has 1 N–H and O–H groups in total. The number of alkyl halides is 3. The van der Waals surface area contributed by atoms with Crippen molar-refractivity contribution in [2.24, 2.45) is 0 Å². The van der Waals surface area contributed by atoms with Crippen LogP contribution in [0.1, 0.15) is 19.8 Å². The van der Waals surface area contributed by atoms with Crippen molar-refractivity contribution in [3.8, 4) is 0 Å². The third-order valence-corrected chi connectivity index (χ3v) is 2.90. The molecule has 0 radical (unpaired) electrons. The lowest BCUT2D eigenvalue weighted by molar-refractivity contribution is -0.174. The molecule has 1 aliphatic heterocycles. The fourth-order valence-electron chi connectivity index (χ4n) is 2.03. The number of nitrogens with one attached hydrogen (secondary N) is 1. The van der Waals surface area contributed by atoms with Crippen molar-refractivity contribution in [3.05, 3.63) is 0 Å². The van der Waals surface area contributed by atoms with Crippen molar-refractivity contribution < 1.29 is 17.9 Å². The maximum atomic E-state index is 11.8. The van der Waals surface area contributed by atoms with Gasteiger partial charge in [0.15, 0.2) is 0 Å². The second kappa shape index (κ2) is 7.18. The fraction of sp³-hybridized carbons (Fsp3) is 1.00. The summed E-state index contributed by atoms with van der Waals surface area (Å²) >= 11 is 0. The molecule has 0 aromatic rings. The summed E-state index contributed by atoms with van der Waals surface area (Å²) in [5.74, 6) is 0. The summed E-state index contributed by atoms with van der Waals surface area (Å²) in [5.41, 5.74) is 0. The predicted molar refractivity (Wildman–Crippen MR) is 60.0 cm³/mol. The minimum Gasteiger partial charge on any atom is -0.371 e. The molecule has 102 valence electrons. The van der Waals surface area contributed by atoms with E-state index in [2.05, 4.69) is 21.9 Å².